The Morgan fingerprint density at radius 1 is 0.850 bits per heavy atom. The van der Waals surface area contributed by atoms with Crippen LogP contribution in [0.5, 0.6) is 5.75 Å². The Bertz CT molecular complexity index is 489. The quantitative estimate of drug-likeness (QED) is 0.795. The maximum atomic E-state index is 5.52. The summed E-state index contributed by atoms with van der Waals surface area (Å²) in [5.74, 6) is 0.973. The molecule has 0 aliphatic heterocycles. The van der Waals surface area contributed by atoms with Gasteiger partial charge in [-0.1, -0.05) is 36.4 Å². The Morgan fingerprint density at radius 2 is 1.45 bits per heavy atom. The minimum absolute atomic E-state index is 0.716. The van der Waals surface area contributed by atoms with E-state index in [1.165, 1.54) is 10.8 Å². The van der Waals surface area contributed by atoms with Gasteiger partial charge < -0.3 is 18.0 Å². The first kappa shape index (κ1) is 16.7. The molecule has 0 amide bonds. The van der Waals surface area contributed by atoms with Gasteiger partial charge >= 0.3 is 9.53 Å². The first-order valence-electron chi connectivity index (χ1n) is 6.45. The van der Waals surface area contributed by atoms with Gasteiger partial charge in [0, 0.05) is 26.7 Å². The minimum atomic E-state index is -1.67. The molecule has 0 heterocycles. The average Bonchev–Trinajstić information content (AvgIpc) is 2.50. The maximum Gasteiger partial charge on any atom is 0.483 e. The Kier molecular flexibility index (Phi) is 7.90. The van der Waals surface area contributed by atoms with E-state index in [-0.39, 0.29) is 0 Å². The Labute approximate surface area is 122 Å². The van der Waals surface area contributed by atoms with E-state index in [2.05, 4.69) is 18.2 Å². The van der Waals surface area contributed by atoms with Crippen LogP contribution in [0.3, 0.4) is 0 Å². The molecule has 0 aromatic heterocycles. The van der Waals surface area contributed by atoms with Gasteiger partial charge in [-0.15, -0.1) is 0 Å². The fraction of sp³-hybridized carbons (Fsp3) is 0.333. The molecule has 20 heavy (non-hydrogen) atoms. The molecule has 0 aliphatic rings. The van der Waals surface area contributed by atoms with Crippen molar-refractivity contribution in [3.8, 4) is 5.75 Å². The van der Waals surface area contributed by atoms with E-state index in [0.29, 0.717) is 6.61 Å². The lowest BCUT2D eigenvalue weighted by molar-refractivity contribution is 0.163. The molecule has 2 aromatic rings. The number of ether oxygens (including phenoxy) is 1. The molecule has 2 rings (SSSR count). The van der Waals surface area contributed by atoms with Gasteiger partial charge in [0.05, 0.1) is 6.61 Å². The lowest BCUT2D eigenvalue weighted by atomic mass is 10.1. The predicted molar refractivity (Wildman–Crippen MR) is 83.3 cm³/mol. The van der Waals surface area contributed by atoms with Crippen LogP contribution in [0.15, 0.2) is 42.5 Å². The summed E-state index contributed by atoms with van der Waals surface area (Å²) in [7, 11) is 3.05. The molecule has 0 unspecified atom stereocenters. The normalized spacial score (nSPS) is 10.2. The number of fused-ring (bicyclic) bond motifs is 1. The zero-order valence-electron chi connectivity index (χ0n) is 12.5. The summed E-state index contributed by atoms with van der Waals surface area (Å²) in [6.45, 7) is 2.72. The van der Waals surface area contributed by atoms with Crippen molar-refractivity contribution in [1.82, 2.24) is 0 Å². The molecule has 0 bridgehead atoms. The molecule has 0 spiro atoms. The Morgan fingerprint density at radius 3 is 2.00 bits per heavy atom. The molecule has 5 heteroatoms. The van der Waals surface area contributed by atoms with Crippen molar-refractivity contribution in [1.29, 1.82) is 0 Å². The van der Waals surface area contributed by atoms with Gasteiger partial charge in [0.15, 0.2) is 0 Å². The second-order valence-electron chi connectivity index (χ2n) is 3.91. The summed E-state index contributed by atoms with van der Waals surface area (Å²) in [4.78, 5) is 0. The van der Waals surface area contributed by atoms with Crippen LogP contribution < -0.4 is 4.74 Å². The lowest BCUT2D eigenvalue weighted by Crippen LogP contribution is -2.21. The zero-order chi connectivity index (χ0) is 14.8. The van der Waals surface area contributed by atoms with Gasteiger partial charge in [-0.3, -0.25) is 0 Å². The number of rotatable bonds is 5. The molecule has 0 radical (unpaired) electrons. The molecule has 2 aromatic carbocycles. The standard InChI is InChI=1S/C12H12O.C3H10O3Si/c1-2-13-12-9-5-7-10-6-3-4-8-11(10)12;1-4-7(5-2)6-3/h3-9H,2H2,1H3;7H,1-3H3. The van der Waals surface area contributed by atoms with E-state index in [1.54, 1.807) is 21.3 Å². The van der Waals surface area contributed by atoms with Gasteiger partial charge in [0.25, 0.3) is 0 Å². The van der Waals surface area contributed by atoms with Crippen molar-refractivity contribution >= 4 is 20.3 Å². The molecule has 110 valence electrons. The molecule has 0 aliphatic carbocycles. The van der Waals surface area contributed by atoms with Crippen molar-refractivity contribution in [2.75, 3.05) is 27.9 Å². The molecular formula is C15H22O4Si. The molecule has 4 nitrogen and oxygen atoms in total. The second-order valence-corrected chi connectivity index (χ2v) is 5.90. The highest BCUT2D eigenvalue weighted by Gasteiger charge is 2.05. The highest BCUT2D eigenvalue weighted by molar-refractivity contribution is 6.36. The molecule has 0 N–H and O–H groups in total. The third-order valence-electron chi connectivity index (χ3n) is 2.63. The first-order valence-corrected chi connectivity index (χ1v) is 7.87. The number of hydrogen-bond acceptors (Lipinski definition) is 4. The summed E-state index contributed by atoms with van der Waals surface area (Å²) in [5, 5.41) is 2.42. The summed E-state index contributed by atoms with van der Waals surface area (Å²) < 4.78 is 19.7. The van der Waals surface area contributed by atoms with Crippen molar-refractivity contribution < 1.29 is 18.0 Å². The third kappa shape index (κ3) is 4.94. The van der Waals surface area contributed by atoms with Crippen molar-refractivity contribution in [3.63, 3.8) is 0 Å². The van der Waals surface area contributed by atoms with Gasteiger partial charge in [0.1, 0.15) is 5.75 Å². The molecule has 0 saturated carbocycles. The van der Waals surface area contributed by atoms with Gasteiger partial charge in [0.2, 0.25) is 0 Å². The molecule has 0 saturated heterocycles. The van der Waals surface area contributed by atoms with Crippen molar-refractivity contribution in [2.45, 2.75) is 6.92 Å². The van der Waals surface area contributed by atoms with Crippen molar-refractivity contribution in [3.05, 3.63) is 42.5 Å². The van der Waals surface area contributed by atoms with Crippen LogP contribution in [0.4, 0.5) is 0 Å². The van der Waals surface area contributed by atoms with Gasteiger partial charge in [-0.05, 0) is 18.4 Å². The van der Waals surface area contributed by atoms with E-state index >= 15 is 0 Å². The van der Waals surface area contributed by atoms with Crippen LogP contribution in [0.2, 0.25) is 0 Å². The molecule has 0 atom stereocenters. The average molecular weight is 294 g/mol. The topological polar surface area (TPSA) is 36.9 Å². The fourth-order valence-corrected chi connectivity index (χ4v) is 2.34. The summed E-state index contributed by atoms with van der Waals surface area (Å²) >= 11 is 0. The van der Waals surface area contributed by atoms with Crippen LogP contribution in [0, 0.1) is 0 Å². The summed E-state index contributed by atoms with van der Waals surface area (Å²) in [5.41, 5.74) is 0. The number of hydrogen-bond donors (Lipinski definition) is 0. The second kappa shape index (κ2) is 9.49. The highest BCUT2D eigenvalue weighted by Crippen LogP contribution is 2.24. The monoisotopic (exact) mass is 294 g/mol. The first-order chi connectivity index (χ1) is 9.76. The number of benzene rings is 2. The Hall–Kier alpha value is -1.40. The van der Waals surface area contributed by atoms with Crippen LogP contribution in [0.1, 0.15) is 6.92 Å². The largest absolute Gasteiger partial charge is 0.493 e. The smallest absolute Gasteiger partial charge is 0.483 e. The minimum Gasteiger partial charge on any atom is -0.493 e. The van der Waals surface area contributed by atoms with E-state index in [0.717, 1.165) is 5.75 Å². The summed E-state index contributed by atoms with van der Waals surface area (Å²) in [6, 6.07) is 14.4. The van der Waals surface area contributed by atoms with Crippen LogP contribution in [0.25, 0.3) is 10.8 Å². The van der Waals surface area contributed by atoms with E-state index in [1.807, 2.05) is 31.2 Å². The van der Waals surface area contributed by atoms with Gasteiger partial charge in [-0.25, -0.2) is 0 Å². The molecule has 0 fully saturated rings. The van der Waals surface area contributed by atoms with Gasteiger partial charge in [-0.2, -0.15) is 0 Å². The van der Waals surface area contributed by atoms with E-state index in [4.69, 9.17) is 18.0 Å². The Balaban J connectivity index is 0.000000246. The summed E-state index contributed by atoms with van der Waals surface area (Å²) in [6.07, 6.45) is 0. The highest BCUT2D eigenvalue weighted by atomic mass is 28.3. The van der Waals surface area contributed by atoms with E-state index < -0.39 is 9.53 Å². The van der Waals surface area contributed by atoms with Crippen LogP contribution >= 0.6 is 0 Å². The predicted octanol–water partition coefficient (Wildman–Crippen LogP) is 2.88. The third-order valence-corrected chi connectivity index (χ3v) is 3.78. The fourth-order valence-electron chi connectivity index (χ4n) is 1.77. The van der Waals surface area contributed by atoms with Crippen molar-refractivity contribution in [2.24, 2.45) is 0 Å². The SMILES string of the molecule is CCOc1cccc2ccccc12.CO[SiH](OC)OC. The molecular weight excluding hydrogens is 272 g/mol. The zero-order valence-corrected chi connectivity index (χ0v) is 13.6. The maximum absolute atomic E-state index is 5.52. The van der Waals surface area contributed by atoms with Crippen LogP contribution in [-0.4, -0.2) is 37.5 Å². The van der Waals surface area contributed by atoms with E-state index in [9.17, 15) is 0 Å². The van der Waals surface area contributed by atoms with Crippen LogP contribution in [-0.2, 0) is 13.3 Å². The lowest BCUT2D eigenvalue weighted by Gasteiger charge is -2.06.